The summed E-state index contributed by atoms with van der Waals surface area (Å²) in [6.45, 7) is 6.82. The zero-order chi connectivity index (χ0) is 11.2. The first-order valence-electron chi connectivity index (χ1n) is 5.60. The molecule has 1 aromatic rings. The zero-order valence-corrected chi connectivity index (χ0v) is 12.8. The molecular formula is C14H19Zr. The molecule has 1 aliphatic carbocycles. The number of hydrogen-bond donors (Lipinski definition) is 0. The van der Waals surface area contributed by atoms with E-state index >= 15 is 0 Å². The molecule has 15 heavy (non-hydrogen) atoms. The molecule has 0 fully saturated rings. The molecule has 0 aliphatic heterocycles. The van der Waals surface area contributed by atoms with Crippen molar-refractivity contribution in [1.29, 1.82) is 0 Å². The second-order valence-electron chi connectivity index (χ2n) is 4.93. The summed E-state index contributed by atoms with van der Waals surface area (Å²) in [5, 5.41) is 0. The van der Waals surface area contributed by atoms with E-state index in [2.05, 4.69) is 48.2 Å². The Morgan fingerprint density at radius 2 is 1.60 bits per heavy atom. The number of hydrogen-bond acceptors (Lipinski definition) is 0. The topological polar surface area (TPSA) is 0 Å². The summed E-state index contributed by atoms with van der Waals surface area (Å²) < 4.78 is 5.87. The van der Waals surface area contributed by atoms with E-state index in [0.717, 1.165) is 3.63 Å². The van der Waals surface area contributed by atoms with Crippen molar-refractivity contribution in [2.45, 2.75) is 33.7 Å². The molecule has 0 nitrogen and oxygen atoms in total. The van der Waals surface area contributed by atoms with E-state index in [4.69, 9.17) is 0 Å². The molecule has 2 rings (SSSR count). The number of aryl methyl sites for hydroxylation is 2. The van der Waals surface area contributed by atoms with Crippen LogP contribution in [0.4, 0.5) is 0 Å². The minimum atomic E-state index is -1.19. The van der Waals surface area contributed by atoms with Gasteiger partial charge in [0.2, 0.25) is 0 Å². The molecule has 0 radical (unpaired) electrons. The molecule has 1 heteroatoms. The molecule has 0 aromatic heterocycles. The molecule has 0 amide bonds. The second kappa shape index (κ2) is 4.02. The molecule has 1 unspecified atom stereocenters. The Morgan fingerprint density at radius 3 is 2.20 bits per heavy atom. The normalized spacial score (nSPS) is 18.7. The van der Waals surface area contributed by atoms with Gasteiger partial charge in [0.25, 0.3) is 0 Å². The Hall–Kier alpha value is -0.157. The van der Waals surface area contributed by atoms with Gasteiger partial charge in [0.15, 0.2) is 0 Å². The fourth-order valence-electron chi connectivity index (χ4n) is 2.71. The SMILES string of the molecule is CC1=Cc2c(C)ccc(C)c2[CH]1[Zr]([CH3])[CH3]. The van der Waals surface area contributed by atoms with Gasteiger partial charge in [0, 0.05) is 0 Å². The number of rotatable bonds is 1. The van der Waals surface area contributed by atoms with E-state index in [1.54, 1.807) is 11.1 Å². The zero-order valence-electron chi connectivity index (χ0n) is 10.3. The standard InChI is InChI=1S/C12H13.2CH3.Zr/c1-8-6-11-9(2)4-5-10(3)12(11)7-8;;;/h4-7H,1-3H3;2*1H3;. The maximum absolute atomic E-state index is 2.51. The van der Waals surface area contributed by atoms with E-state index in [-0.39, 0.29) is 0 Å². The van der Waals surface area contributed by atoms with Gasteiger partial charge in [-0.25, -0.2) is 0 Å². The van der Waals surface area contributed by atoms with E-state index in [1.165, 1.54) is 16.7 Å². The van der Waals surface area contributed by atoms with Crippen molar-refractivity contribution in [1.82, 2.24) is 0 Å². The van der Waals surface area contributed by atoms with Gasteiger partial charge in [-0.3, -0.25) is 0 Å². The van der Waals surface area contributed by atoms with Crippen molar-refractivity contribution in [2.24, 2.45) is 0 Å². The van der Waals surface area contributed by atoms with Gasteiger partial charge in [-0.1, -0.05) is 0 Å². The Morgan fingerprint density at radius 1 is 1.00 bits per heavy atom. The average molecular weight is 279 g/mol. The van der Waals surface area contributed by atoms with E-state index in [9.17, 15) is 0 Å². The van der Waals surface area contributed by atoms with Crippen molar-refractivity contribution in [3.05, 3.63) is 40.0 Å². The van der Waals surface area contributed by atoms with Crippen LogP contribution in [0.25, 0.3) is 6.08 Å². The average Bonchev–Trinajstić information content (AvgIpc) is 2.50. The van der Waals surface area contributed by atoms with E-state index in [0.29, 0.717) is 0 Å². The molecule has 0 spiro atoms. The van der Waals surface area contributed by atoms with Gasteiger partial charge < -0.3 is 0 Å². The fraction of sp³-hybridized carbons (Fsp3) is 0.429. The van der Waals surface area contributed by atoms with Gasteiger partial charge in [0.05, 0.1) is 0 Å². The molecule has 1 aliphatic rings. The number of allylic oxidation sites excluding steroid dienone is 1. The van der Waals surface area contributed by atoms with Crippen LogP contribution in [-0.2, 0) is 21.8 Å². The Labute approximate surface area is 101 Å². The van der Waals surface area contributed by atoms with Crippen LogP contribution in [-0.4, -0.2) is 0 Å². The van der Waals surface area contributed by atoms with Crippen molar-refractivity contribution < 1.29 is 21.8 Å². The van der Waals surface area contributed by atoms with Crippen molar-refractivity contribution >= 4 is 6.08 Å². The molecule has 0 bridgehead atoms. The summed E-state index contributed by atoms with van der Waals surface area (Å²) in [7, 11) is 0. The Kier molecular flexibility index (Phi) is 3.03. The first kappa shape index (κ1) is 11.3. The third-order valence-electron chi connectivity index (χ3n) is 3.42. The first-order valence-corrected chi connectivity index (χ1v) is 11.9. The Balaban J connectivity index is 2.64. The summed E-state index contributed by atoms with van der Waals surface area (Å²) >= 11 is -1.19. The van der Waals surface area contributed by atoms with Crippen molar-refractivity contribution in [3.63, 3.8) is 0 Å². The summed E-state index contributed by atoms with van der Waals surface area (Å²) in [6, 6.07) is 4.55. The van der Waals surface area contributed by atoms with Gasteiger partial charge in [-0.15, -0.1) is 0 Å². The fourth-order valence-corrected chi connectivity index (χ4v) is 7.52. The molecule has 79 valence electrons. The Bertz CT molecular complexity index is 427. The predicted molar refractivity (Wildman–Crippen MR) is 64.0 cm³/mol. The van der Waals surface area contributed by atoms with E-state index in [1.807, 2.05) is 0 Å². The maximum atomic E-state index is 2.51. The monoisotopic (exact) mass is 277 g/mol. The second-order valence-corrected chi connectivity index (χ2v) is 11.6. The van der Waals surface area contributed by atoms with Crippen LogP contribution in [0.5, 0.6) is 0 Å². The molecule has 0 heterocycles. The number of benzene rings is 1. The van der Waals surface area contributed by atoms with Crippen LogP contribution in [0.1, 0.15) is 32.8 Å². The summed E-state index contributed by atoms with van der Waals surface area (Å²) in [6.07, 6.45) is 2.43. The summed E-state index contributed by atoms with van der Waals surface area (Å²) in [5.74, 6) is 0. The van der Waals surface area contributed by atoms with Crippen molar-refractivity contribution in [2.75, 3.05) is 0 Å². The quantitative estimate of drug-likeness (QED) is 0.711. The van der Waals surface area contributed by atoms with Crippen LogP contribution in [0.2, 0.25) is 9.26 Å². The summed E-state index contributed by atoms with van der Waals surface area (Å²) in [5.41, 5.74) is 7.74. The third kappa shape index (κ3) is 1.80. The van der Waals surface area contributed by atoms with Crippen molar-refractivity contribution in [3.8, 4) is 0 Å². The van der Waals surface area contributed by atoms with Gasteiger partial charge >= 0.3 is 101 Å². The number of fused-ring (bicyclic) bond motifs is 1. The van der Waals surface area contributed by atoms with Gasteiger partial charge in [-0.05, 0) is 0 Å². The third-order valence-corrected chi connectivity index (χ3v) is 8.08. The van der Waals surface area contributed by atoms with E-state index < -0.39 is 21.8 Å². The minimum absolute atomic E-state index is 0.835. The van der Waals surface area contributed by atoms with Gasteiger partial charge in [0.1, 0.15) is 0 Å². The summed E-state index contributed by atoms with van der Waals surface area (Å²) in [4.78, 5) is 0. The van der Waals surface area contributed by atoms with Crippen LogP contribution in [0, 0.1) is 13.8 Å². The molecular weight excluding hydrogens is 259 g/mol. The molecule has 0 N–H and O–H groups in total. The van der Waals surface area contributed by atoms with Crippen LogP contribution >= 0.6 is 0 Å². The van der Waals surface area contributed by atoms with Gasteiger partial charge in [-0.2, -0.15) is 0 Å². The molecule has 1 aromatic carbocycles. The molecule has 0 saturated heterocycles. The van der Waals surface area contributed by atoms with Crippen LogP contribution < -0.4 is 0 Å². The molecule has 1 atom stereocenters. The molecule has 0 saturated carbocycles. The van der Waals surface area contributed by atoms with Crippen LogP contribution in [0.15, 0.2) is 17.7 Å². The predicted octanol–water partition coefficient (Wildman–Crippen LogP) is 4.48. The van der Waals surface area contributed by atoms with Crippen LogP contribution in [0.3, 0.4) is 0 Å². The first-order chi connectivity index (χ1) is 7.02.